The lowest BCUT2D eigenvalue weighted by molar-refractivity contribution is 0.177. The van der Waals surface area contributed by atoms with Crippen molar-refractivity contribution in [1.82, 2.24) is 0 Å². The summed E-state index contributed by atoms with van der Waals surface area (Å²) in [5, 5.41) is 10.2. The van der Waals surface area contributed by atoms with Crippen LogP contribution in [0.5, 0.6) is 0 Å². The lowest BCUT2D eigenvalue weighted by Crippen LogP contribution is -2.04. The first-order chi connectivity index (χ1) is 8.97. The van der Waals surface area contributed by atoms with Crippen molar-refractivity contribution in [3.05, 3.63) is 68.7 Å². The molecule has 0 aliphatic carbocycles. The fourth-order valence-corrected chi connectivity index (χ4v) is 2.49. The van der Waals surface area contributed by atoms with E-state index in [2.05, 4.69) is 15.9 Å². The third kappa shape index (κ3) is 3.53. The van der Waals surface area contributed by atoms with Crippen LogP contribution in [-0.4, -0.2) is 5.11 Å². The topological polar surface area (TPSA) is 20.2 Å². The van der Waals surface area contributed by atoms with Crippen molar-refractivity contribution in [3.8, 4) is 0 Å². The van der Waals surface area contributed by atoms with E-state index in [0.29, 0.717) is 11.1 Å². The quantitative estimate of drug-likeness (QED) is 0.856. The van der Waals surface area contributed by atoms with E-state index in [9.17, 15) is 13.9 Å². The molecule has 1 atom stereocenters. The number of hydrogen-bond acceptors (Lipinski definition) is 1. The smallest absolute Gasteiger partial charge is 0.126 e. The average Bonchev–Trinajstić information content (AvgIpc) is 2.33. The van der Waals surface area contributed by atoms with Gasteiger partial charge in [0.05, 0.1) is 6.10 Å². The van der Waals surface area contributed by atoms with E-state index in [1.807, 2.05) is 0 Å². The maximum absolute atomic E-state index is 13.6. The first-order valence-electron chi connectivity index (χ1n) is 5.54. The first-order valence-corrected chi connectivity index (χ1v) is 6.71. The Kier molecular flexibility index (Phi) is 4.55. The zero-order valence-corrected chi connectivity index (χ0v) is 12.0. The van der Waals surface area contributed by atoms with Crippen molar-refractivity contribution in [1.29, 1.82) is 0 Å². The SMILES string of the molecule is OC(Cc1cc(Br)ccc1F)c1ccc(F)cc1Cl. The molecule has 0 radical (unpaired) electrons. The van der Waals surface area contributed by atoms with Gasteiger partial charge in [-0.3, -0.25) is 0 Å². The van der Waals surface area contributed by atoms with E-state index >= 15 is 0 Å². The van der Waals surface area contributed by atoms with Gasteiger partial charge in [-0.1, -0.05) is 33.6 Å². The average molecular weight is 348 g/mol. The second-order valence-corrected chi connectivity index (χ2v) is 5.44. The van der Waals surface area contributed by atoms with E-state index in [1.54, 1.807) is 12.1 Å². The maximum atomic E-state index is 13.6. The summed E-state index contributed by atoms with van der Waals surface area (Å²) < 4.78 is 27.2. The Morgan fingerprint density at radius 3 is 2.58 bits per heavy atom. The number of benzene rings is 2. The first kappa shape index (κ1) is 14.4. The summed E-state index contributed by atoms with van der Waals surface area (Å²) in [6, 6.07) is 8.22. The van der Waals surface area contributed by atoms with Crippen LogP contribution in [0.4, 0.5) is 8.78 Å². The number of halogens is 4. The van der Waals surface area contributed by atoms with E-state index < -0.39 is 17.7 Å². The molecular weight excluding hydrogens is 338 g/mol. The molecule has 0 fully saturated rings. The predicted molar refractivity (Wildman–Crippen MR) is 74.2 cm³/mol. The van der Waals surface area contributed by atoms with Crippen LogP contribution in [0.1, 0.15) is 17.2 Å². The molecule has 0 amide bonds. The lowest BCUT2D eigenvalue weighted by atomic mass is 10.0. The molecule has 2 rings (SSSR count). The Morgan fingerprint density at radius 2 is 1.89 bits per heavy atom. The molecule has 1 N–H and O–H groups in total. The molecule has 0 aliphatic rings. The van der Waals surface area contributed by atoms with E-state index in [1.165, 1.54) is 18.2 Å². The molecule has 5 heteroatoms. The van der Waals surface area contributed by atoms with Gasteiger partial charge >= 0.3 is 0 Å². The van der Waals surface area contributed by atoms with Crippen molar-refractivity contribution in [2.45, 2.75) is 12.5 Å². The predicted octanol–water partition coefficient (Wildman–Crippen LogP) is 4.66. The van der Waals surface area contributed by atoms with Crippen molar-refractivity contribution in [2.24, 2.45) is 0 Å². The summed E-state index contributed by atoms with van der Waals surface area (Å²) in [7, 11) is 0. The number of rotatable bonds is 3. The van der Waals surface area contributed by atoms with Gasteiger partial charge < -0.3 is 5.11 Å². The third-order valence-corrected chi connectivity index (χ3v) is 3.56. The number of hydrogen-bond donors (Lipinski definition) is 1. The molecule has 0 spiro atoms. The molecule has 0 saturated carbocycles. The van der Waals surface area contributed by atoms with Crippen LogP contribution in [0, 0.1) is 11.6 Å². The molecule has 0 saturated heterocycles. The molecule has 0 heterocycles. The highest BCUT2D eigenvalue weighted by Crippen LogP contribution is 2.28. The van der Waals surface area contributed by atoms with Gasteiger partial charge in [0.15, 0.2) is 0 Å². The Bertz CT molecular complexity index is 604. The van der Waals surface area contributed by atoms with Crippen LogP contribution in [0.3, 0.4) is 0 Å². The lowest BCUT2D eigenvalue weighted by Gasteiger charge is -2.13. The van der Waals surface area contributed by atoms with Crippen molar-refractivity contribution >= 4 is 27.5 Å². The minimum absolute atomic E-state index is 0.0661. The molecular formula is C14H10BrClF2O. The minimum Gasteiger partial charge on any atom is -0.388 e. The second kappa shape index (κ2) is 5.99. The van der Waals surface area contributed by atoms with Gasteiger partial charge in [0.2, 0.25) is 0 Å². The zero-order valence-electron chi connectivity index (χ0n) is 9.71. The molecule has 0 bridgehead atoms. The number of aliphatic hydroxyl groups is 1. The van der Waals surface area contributed by atoms with Gasteiger partial charge in [-0.2, -0.15) is 0 Å². The van der Waals surface area contributed by atoms with E-state index in [0.717, 1.165) is 10.5 Å². The molecule has 1 unspecified atom stereocenters. The van der Waals surface area contributed by atoms with Gasteiger partial charge in [-0.15, -0.1) is 0 Å². The van der Waals surface area contributed by atoms with Crippen LogP contribution >= 0.6 is 27.5 Å². The standard InChI is InChI=1S/C14H10BrClF2O/c15-9-1-4-13(18)8(5-9)6-14(19)11-3-2-10(17)7-12(11)16/h1-5,7,14,19H,6H2. The maximum Gasteiger partial charge on any atom is 0.126 e. The Balaban J connectivity index is 2.25. The third-order valence-electron chi connectivity index (χ3n) is 2.74. The summed E-state index contributed by atoms with van der Waals surface area (Å²) in [5.74, 6) is -0.880. The molecule has 0 aromatic heterocycles. The van der Waals surface area contributed by atoms with Crippen molar-refractivity contribution < 1.29 is 13.9 Å². The second-order valence-electron chi connectivity index (χ2n) is 4.12. The molecule has 1 nitrogen and oxygen atoms in total. The Morgan fingerprint density at radius 1 is 1.16 bits per heavy atom. The van der Waals surface area contributed by atoms with E-state index in [-0.39, 0.29) is 11.4 Å². The molecule has 2 aromatic carbocycles. The molecule has 19 heavy (non-hydrogen) atoms. The monoisotopic (exact) mass is 346 g/mol. The van der Waals surface area contributed by atoms with Crippen molar-refractivity contribution in [3.63, 3.8) is 0 Å². The van der Waals surface area contributed by atoms with Crippen LogP contribution in [0.15, 0.2) is 40.9 Å². The van der Waals surface area contributed by atoms with Gasteiger partial charge in [0.1, 0.15) is 11.6 Å². The van der Waals surface area contributed by atoms with Crippen LogP contribution < -0.4 is 0 Å². The summed E-state index contributed by atoms with van der Waals surface area (Å²) in [6.45, 7) is 0. The van der Waals surface area contributed by atoms with Crippen LogP contribution in [-0.2, 0) is 6.42 Å². The highest BCUT2D eigenvalue weighted by Gasteiger charge is 2.15. The summed E-state index contributed by atoms with van der Waals surface area (Å²) in [6.07, 6.45) is -0.923. The molecule has 100 valence electrons. The summed E-state index contributed by atoms with van der Waals surface area (Å²) in [5.41, 5.74) is 0.740. The highest BCUT2D eigenvalue weighted by atomic mass is 79.9. The van der Waals surface area contributed by atoms with Crippen molar-refractivity contribution in [2.75, 3.05) is 0 Å². The van der Waals surface area contributed by atoms with Gasteiger partial charge in [0, 0.05) is 15.9 Å². The molecule has 0 aliphatic heterocycles. The fourth-order valence-electron chi connectivity index (χ4n) is 1.79. The van der Waals surface area contributed by atoms with Gasteiger partial charge in [0.25, 0.3) is 0 Å². The van der Waals surface area contributed by atoms with Gasteiger partial charge in [-0.05, 0) is 41.5 Å². The van der Waals surface area contributed by atoms with Gasteiger partial charge in [-0.25, -0.2) is 8.78 Å². The highest BCUT2D eigenvalue weighted by molar-refractivity contribution is 9.10. The largest absolute Gasteiger partial charge is 0.388 e. The van der Waals surface area contributed by atoms with E-state index in [4.69, 9.17) is 11.6 Å². The summed E-state index contributed by atoms with van der Waals surface area (Å²) in [4.78, 5) is 0. The zero-order chi connectivity index (χ0) is 14.0. The number of aliphatic hydroxyl groups excluding tert-OH is 1. The molecule has 2 aromatic rings. The Hall–Kier alpha value is -0.970. The fraction of sp³-hybridized carbons (Fsp3) is 0.143. The van der Waals surface area contributed by atoms with Crippen LogP contribution in [0.2, 0.25) is 5.02 Å². The normalized spacial score (nSPS) is 12.5. The summed E-state index contributed by atoms with van der Waals surface area (Å²) >= 11 is 9.10. The Labute approximate surface area is 123 Å². The minimum atomic E-state index is -0.989. The van der Waals surface area contributed by atoms with Crippen LogP contribution in [0.25, 0.3) is 0 Å².